The van der Waals surface area contributed by atoms with Crippen molar-refractivity contribution in [2.45, 2.75) is 6.42 Å². The molecule has 0 atom stereocenters. The van der Waals surface area contributed by atoms with Gasteiger partial charge in [-0.3, -0.25) is 9.69 Å². The summed E-state index contributed by atoms with van der Waals surface area (Å²) in [6.07, 6.45) is 2.53. The summed E-state index contributed by atoms with van der Waals surface area (Å²) in [5.41, 5.74) is 1.95. The molecule has 0 N–H and O–H groups in total. The molecule has 1 aliphatic rings. The lowest BCUT2D eigenvalue weighted by atomic mass is 10.1. The van der Waals surface area contributed by atoms with E-state index >= 15 is 0 Å². The summed E-state index contributed by atoms with van der Waals surface area (Å²) in [6.45, 7) is 0.552. The molecule has 1 amide bonds. The van der Waals surface area contributed by atoms with Crippen LogP contribution in [0.2, 0.25) is 5.02 Å². The standard InChI is InChI=1S/C19H16ClNO2S2/c1-23-15-8-6-13(7-9-15)10-11-21-18(22)17(25-19(21)24)12-14-4-2-3-5-16(14)20/h2-9,12H,10-11H2,1H3/b17-12-. The van der Waals surface area contributed by atoms with Gasteiger partial charge in [0.2, 0.25) is 0 Å². The van der Waals surface area contributed by atoms with Gasteiger partial charge in [-0.2, -0.15) is 0 Å². The van der Waals surface area contributed by atoms with Gasteiger partial charge in [-0.1, -0.05) is 65.9 Å². The highest BCUT2D eigenvalue weighted by molar-refractivity contribution is 8.26. The van der Waals surface area contributed by atoms with Gasteiger partial charge in [0.05, 0.1) is 12.0 Å². The van der Waals surface area contributed by atoms with Crippen LogP contribution in [0.1, 0.15) is 11.1 Å². The molecule has 1 saturated heterocycles. The van der Waals surface area contributed by atoms with E-state index in [1.165, 1.54) is 11.8 Å². The third-order valence-corrected chi connectivity index (χ3v) is 5.57. The van der Waals surface area contributed by atoms with Crippen LogP contribution < -0.4 is 4.74 Å². The van der Waals surface area contributed by atoms with Crippen molar-refractivity contribution in [2.24, 2.45) is 0 Å². The number of carbonyl (C=O) groups excluding carboxylic acids is 1. The van der Waals surface area contributed by atoms with Gasteiger partial charge < -0.3 is 4.74 Å². The second-order valence-electron chi connectivity index (χ2n) is 5.45. The second-order valence-corrected chi connectivity index (χ2v) is 7.54. The van der Waals surface area contributed by atoms with Crippen LogP contribution in [-0.2, 0) is 11.2 Å². The Hall–Kier alpha value is -1.82. The van der Waals surface area contributed by atoms with Crippen molar-refractivity contribution in [2.75, 3.05) is 13.7 Å². The third-order valence-electron chi connectivity index (χ3n) is 3.85. The van der Waals surface area contributed by atoms with Crippen LogP contribution in [0.3, 0.4) is 0 Å². The summed E-state index contributed by atoms with van der Waals surface area (Å²) in [4.78, 5) is 14.9. The normalized spacial score (nSPS) is 15.9. The Bertz CT molecular complexity index is 834. The lowest BCUT2D eigenvalue weighted by Crippen LogP contribution is -2.30. The summed E-state index contributed by atoms with van der Waals surface area (Å²) < 4.78 is 5.74. The molecule has 0 bridgehead atoms. The molecule has 1 fully saturated rings. The number of ether oxygens (including phenoxy) is 1. The Balaban J connectivity index is 1.70. The Kier molecular flexibility index (Phi) is 5.78. The largest absolute Gasteiger partial charge is 0.497 e. The molecule has 1 heterocycles. The average Bonchev–Trinajstić information content (AvgIpc) is 2.89. The highest BCUT2D eigenvalue weighted by Crippen LogP contribution is 2.33. The molecule has 128 valence electrons. The second kappa shape index (κ2) is 8.04. The molecule has 0 saturated carbocycles. The molecule has 0 radical (unpaired) electrons. The number of methoxy groups -OCH3 is 1. The van der Waals surface area contributed by atoms with E-state index in [4.69, 9.17) is 28.6 Å². The Morgan fingerprint density at radius 2 is 1.92 bits per heavy atom. The van der Waals surface area contributed by atoms with Crippen LogP contribution in [-0.4, -0.2) is 28.8 Å². The zero-order valence-corrected chi connectivity index (χ0v) is 16.0. The van der Waals surface area contributed by atoms with Crippen LogP contribution in [0.4, 0.5) is 0 Å². The van der Waals surface area contributed by atoms with Crippen LogP contribution in [0.25, 0.3) is 6.08 Å². The maximum Gasteiger partial charge on any atom is 0.266 e. The van der Waals surface area contributed by atoms with Gasteiger partial charge >= 0.3 is 0 Å². The molecule has 2 aromatic carbocycles. The molecular weight excluding hydrogens is 374 g/mol. The molecule has 6 heteroatoms. The molecule has 25 heavy (non-hydrogen) atoms. The number of hydrogen-bond donors (Lipinski definition) is 0. The minimum absolute atomic E-state index is 0.0663. The van der Waals surface area contributed by atoms with Crippen molar-refractivity contribution in [3.8, 4) is 5.75 Å². The SMILES string of the molecule is COc1ccc(CCN2C(=O)/C(=C/c3ccccc3Cl)SC2=S)cc1. The quantitative estimate of drug-likeness (QED) is 0.543. The zero-order chi connectivity index (χ0) is 17.8. The number of benzene rings is 2. The fourth-order valence-corrected chi connectivity index (χ4v) is 3.95. The zero-order valence-electron chi connectivity index (χ0n) is 13.6. The molecular formula is C19H16ClNO2S2. The minimum Gasteiger partial charge on any atom is -0.497 e. The first kappa shape index (κ1) is 18.0. The number of carbonyl (C=O) groups is 1. The molecule has 2 aromatic rings. The van der Waals surface area contributed by atoms with E-state index in [1.54, 1.807) is 24.2 Å². The van der Waals surface area contributed by atoms with Crippen molar-refractivity contribution in [3.05, 3.63) is 69.6 Å². The van der Waals surface area contributed by atoms with E-state index in [2.05, 4.69) is 0 Å². The maximum absolute atomic E-state index is 12.6. The van der Waals surface area contributed by atoms with E-state index in [-0.39, 0.29) is 5.91 Å². The molecule has 0 unspecified atom stereocenters. The number of hydrogen-bond acceptors (Lipinski definition) is 4. The number of amides is 1. The number of nitrogens with zero attached hydrogens (tertiary/aromatic N) is 1. The minimum atomic E-state index is -0.0663. The van der Waals surface area contributed by atoms with E-state index in [9.17, 15) is 4.79 Å². The predicted octanol–water partition coefficient (Wildman–Crippen LogP) is 4.79. The smallest absolute Gasteiger partial charge is 0.266 e. The lowest BCUT2D eigenvalue weighted by Gasteiger charge is -2.14. The maximum atomic E-state index is 12.6. The van der Waals surface area contributed by atoms with Crippen LogP contribution in [0.5, 0.6) is 5.75 Å². The number of thiocarbonyl (C=S) groups is 1. The van der Waals surface area contributed by atoms with E-state index in [0.29, 0.717) is 20.8 Å². The van der Waals surface area contributed by atoms with Gasteiger partial charge in [-0.05, 0) is 41.8 Å². The van der Waals surface area contributed by atoms with E-state index in [0.717, 1.165) is 23.3 Å². The Labute approximate surface area is 161 Å². The van der Waals surface area contributed by atoms with Gasteiger partial charge in [0, 0.05) is 11.6 Å². The molecule has 3 nitrogen and oxygen atoms in total. The fraction of sp³-hybridized carbons (Fsp3) is 0.158. The number of thioether (sulfide) groups is 1. The monoisotopic (exact) mass is 389 g/mol. The van der Waals surface area contributed by atoms with Crippen LogP contribution in [0.15, 0.2) is 53.4 Å². The topological polar surface area (TPSA) is 29.5 Å². The number of halogens is 1. The summed E-state index contributed by atoms with van der Waals surface area (Å²) in [5, 5.41) is 0.617. The van der Waals surface area contributed by atoms with Gasteiger partial charge in [0.25, 0.3) is 5.91 Å². The van der Waals surface area contributed by atoms with E-state index in [1.807, 2.05) is 42.5 Å². The highest BCUT2D eigenvalue weighted by atomic mass is 35.5. The number of rotatable bonds is 5. The predicted molar refractivity (Wildman–Crippen MR) is 108 cm³/mol. The fourth-order valence-electron chi connectivity index (χ4n) is 2.46. The first-order valence-corrected chi connectivity index (χ1v) is 9.31. The summed E-state index contributed by atoms with van der Waals surface area (Å²) >= 11 is 12.9. The summed E-state index contributed by atoms with van der Waals surface area (Å²) in [5.74, 6) is 0.750. The van der Waals surface area contributed by atoms with Crippen molar-refractivity contribution in [1.82, 2.24) is 4.90 Å². The highest BCUT2D eigenvalue weighted by Gasteiger charge is 2.31. The Morgan fingerprint density at radius 3 is 2.60 bits per heavy atom. The first-order chi connectivity index (χ1) is 12.1. The molecule has 0 aliphatic carbocycles. The van der Waals surface area contributed by atoms with Gasteiger partial charge in [-0.25, -0.2) is 0 Å². The van der Waals surface area contributed by atoms with Crippen molar-refractivity contribution >= 4 is 51.9 Å². The molecule has 3 rings (SSSR count). The molecule has 1 aliphatic heterocycles. The van der Waals surface area contributed by atoms with Crippen molar-refractivity contribution in [1.29, 1.82) is 0 Å². The van der Waals surface area contributed by atoms with Crippen LogP contribution >= 0.6 is 35.6 Å². The summed E-state index contributed by atoms with van der Waals surface area (Å²) in [6, 6.07) is 15.3. The van der Waals surface area contributed by atoms with Crippen molar-refractivity contribution < 1.29 is 9.53 Å². The first-order valence-electron chi connectivity index (χ1n) is 7.71. The van der Waals surface area contributed by atoms with Gasteiger partial charge in [0.1, 0.15) is 10.1 Å². The van der Waals surface area contributed by atoms with Gasteiger partial charge in [-0.15, -0.1) is 0 Å². The van der Waals surface area contributed by atoms with E-state index < -0.39 is 0 Å². The van der Waals surface area contributed by atoms with Gasteiger partial charge in [0.15, 0.2) is 0 Å². The van der Waals surface area contributed by atoms with Crippen LogP contribution in [0, 0.1) is 0 Å². The summed E-state index contributed by atoms with van der Waals surface area (Å²) in [7, 11) is 1.64. The lowest BCUT2D eigenvalue weighted by molar-refractivity contribution is -0.122. The molecule has 0 spiro atoms. The average molecular weight is 390 g/mol. The Morgan fingerprint density at radius 1 is 1.20 bits per heavy atom. The molecule has 0 aromatic heterocycles. The van der Waals surface area contributed by atoms with Crippen molar-refractivity contribution in [3.63, 3.8) is 0 Å². The third kappa shape index (κ3) is 4.24.